The van der Waals surface area contributed by atoms with Gasteiger partial charge in [0, 0.05) is 11.4 Å². The van der Waals surface area contributed by atoms with Gasteiger partial charge < -0.3 is 10.4 Å². The molecule has 6 heteroatoms. The smallest absolute Gasteiger partial charge is 0.321 e. The normalized spacial score (nSPS) is 12.2. The number of aryl methyl sites for hydroxylation is 2. The number of thiazole rings is 1. The van der Waals surface area contributed by atoms with E-state index in [2.05, 4.69) is 29.5 Å². The summed E-state index contributed by atoms with van der Waals surface area (Å²) in [7, 11) is 0. The summed E-state index contributed by atoms with van der Waals surface area (Å²) in [6.45, 7) is 6.37. The zero-order valence-electron chi connectivity index (χ0n) is 11.8. The number of rotatable bonds is 7. The highest BCUT2D eigenvalue weighted by Crippen LogP contribution is 2.24. The highest BCUT2D eigenvalue weighted by atomic mass is 32.1. The van der Waals surface area contributed by atoms with Crippen LogP contribution in [0.25, 0.3) is 0 Å². The summed E-state index contributed by atoms with van der Waals surface area (Å²) in [6.07, 6.45) is 3.09. The van der Waals surface area contributed by atoms with Crippen molar-refractivity contribution in [2.24, 2.45) is 0 Å². The van der Waals surface area contributed by atoms with Gasteiger partial charge in [0.1, 0.15) is 0 Å². The first-order chi connectivity index (χ1) is 9.06. The average Bonchev–Trinajstić information content (AvgIpc) is 2.71. The molecule has 0 aliphatic carbocycles. The van der Waals surface area contributed by atoms with Gasteiger partial charge in [-0.25, -0.2) is 9.78 Å². The molecular weight excluding hydrogens is 262 g/mol. The average molecular weight is 285 g/mol. The molecule has 108 valence electrons. The van der Waals surface area contributed by atoms with E-state index in [1.54, 1.807) is 6.92 Å². The second-order valence-corrected chi connectivity index (χ2v) is 5.59. The number of aliphatic hydroxyl groups excluding tert-OH is 1. The monoisotopic (exact) mass is 285 g/mol. The van der Waals surface area contributed by atoms with E-state index in [1.165, 1.54) is 16.2 Å². The molecule has 5 nitrogen and oxygen atoms in total. The van der Waals surface area contributed by atoms with Gasteiger partial charge in [-0.1, -0.05) is 20.3 Å². The molecule has 0 aliphatic heterocycles. The Labute approximate surface area is 118 Å². The first kappa shape index (κ1) is 15.9. The minimum Gasteiger partial charge on any atom is -0.393 e. The number of nitrogens with one attached hydrogen (secondary N) is 2. The zero-order valence-corrected chi connectivity index (χ0v) is 12.6. The number of carbonyl (C=O) groups excluding carboxylic acids is 1. The molecule has 1 heterocycles. The van der Waals surface area contributed by atoms with Crippen molar-refractivity contribution >= 4 is 22.5 Å². The lowest BCUT2D eigenvalue weighted by atomic mass is 10.2. The Kier molecular flexibility index (Phi) is 6.80. The van der Waals surface area contributed by atoms with E-state index in [9.17, 15) is 4.79 Å². The van der Waals surface area contributed by atoms with Crippen LogP contribution in [0.5, 0.6) is 0 Å². The quantitative estimate of drug-likeness (QED) is 0.720. The van der Waals surface area contributed by atoms with Crippen LogP contribution in [-0.4, -0.2) is 28.8 Å². The molecule has 1 rings (SSSR count). The van der Waals surface area contributed by atoms with Crippen LogP contribution in [0, 0.1) is 0 Å². The topological polar surface area (TPSA) is 74.2 Å². The van der Waals surface area contributed by atoms with Gasteiger partial charge in [0.05, 0.1) is 11.8 Å². The molecule has 2 amide bonds. The third-order valence-corrected chi connectivity index (χ3v) is 3.81. The van der Waals surface area contributed by atoms with Crippen LogP contribution >= 0.6 is 11.3 Å². The maximum Gasteiger partial charge on any atom is 0.321 e. The van der Waals surface area contributed by atoms with Gasteiger partial charge in [-0.3, -0.25) is 5.32 Å². The van der Waals surface area contributed by atoms with Crippen LogP contribution < -0.4 is 10.6 Å². The molecule has 0 aliphatic rings. The van der Waals surface area contributed by atoms with Gasteiger partial charge in [-0.15, -0.1) is 11.3 Å². The number of hydrogen-bond acceptors (Lipinski definition) is 4. The van der Waals surface area contributed by atoms with Gasteiger partial charge in [0.15, 0.2) is 5.13 Å². The van der Waals surface area contributed by atoms with E-state index in [0.29, 0.717) is 18.1 Å². The summed E-state index contributed by atoms with van der Waals surface area (Å²) in [6, 6.07) is -0.264. The fourth-order valence-electron chi connectivity index (χ4n) is 1.68. The molecule has 0 radical (unpaired) electrons. The van der Waals surface area contributed by atoms with E-state index in [4.69, 9.17) is 5.11 Å². The van der Waals surface area contributed by atoms with Crippen molar-refractivity contribution in [3.05, 3.63) is 10.6 Å². The summed E-state index contributed by atoms with van der Waals surface area (Å²) in [4.78, 5) is 17.3. The maximum absolute atomic E-state index is 11.6. The van der Waals surface area contributed by atoms with Crippen LogP contribution in [0.1, 0.15) is 44.2 Å². The van der Waals surface area contributed by atoms with E-state index in [1.807, 2.05) is 0 Å². The van der Waals surface area contributed by atoms with Crippen molar-refractivity contribution < 1.29 is 9.90 Å². The molecule has 0 saturated carbocycles. The second kappa shape index (κ2) is 8.12. The Morgan fingerprint density at radius 2 is 2.21 bits per heavy atom. The summed E-state index contributed by atoms with van der Waals surface area (Å²) >= 11 is 1.54. The SMILES string of the molecule is CCCc1nc(NC(=O)NCCC(C)O)sc1CC. The van der Waals surface area contributed by atoms with Crippen molar-refractivity contribution in [3.8, 4) is 0 Å². The predicted octanol–water partition coefficient (Wildman–Crippen LogP) is 2.55. The number of urea groups is 1. The van der Waals surface area contributed by atoms with Gasteiger partial charge in [0.25, 0.3) is 0 Å². The number of anilines is 1. The molecular formula is C13H23N3O2S. The molecule has 1 aromatic heterocycles. The van der Waals surface area contributed by atoms with Crippen LogP contribution in [0.3, 0.4) is 0 Å². The lowest BCUT2D eigenvalue weighted by molar-refractivity contribution is 0.184. The number of nitrogens with zero attached hydrogens (tertiary/aromatic N) is 1. The van der Waals surface area contributed by atoms with Crippen LogP contribution in [0.15, 0.2) is 0 Å². The molecule has 0 spiro atoms. The summed E-state index contributed by atoms with van der Waals surface area (Å²) in [5.41, 5.74) is 1.09. The Hall–Kier alpha value is -1.14. The van der Waals surface area contributed by atoms with Crippen molar-refractivity contribution in [1.82, 2.24) is 10.3 Å². The Bertz CT molecular complexity index is 405. The molecule has 1 unspecified atom stereocenters. The highest BCUT2D eigenvalue weighted by Gasteiger charge is 2.11. The minimum atomic E-state index is -0.400. The van der Waals surface area contributed by atoms with Gasteiger partial charge >= 0.3 is 6.03 Å². The molecule has 1 aromatic rings. The minimum absolute atomic E-state index is 0.264. The Morgan fingerprint density at radius 1 is 1.47 bits per heavy atom. The molecule has 3 N–H and O–H groups in total. The van der Waals surface area contributed by atoms with Crippen molar-refractivity contribution in [3.63, 3.8) is 0 Å². The number of hydrogen-bond donors (Lipinski definition) is 3. The number of amides is 2. The fourth-order valence-corrected chi connectivity index (χ4v) is 2.62. The third-order valence-electron chi connectivity index (χ3n) is 2.65. The van der Waals surface area contributed by atoms with E-state index >= 15 is 0 Å². The molecule has 0 bridgehead atoms. The van der Waals surface area contributed by atoms with E-state index in [0.717, 1.165) is 25.0 Å². The van der Waals surface area contributed by atoms with E-state index < -0.39 is 6.10 Å². The number of aromatic nitrogens is 1. The van der Waals surface area contributed by atoms with Gasteiger partial charge in [-0.2, -0.15) is 0 Å². The first-order valence-electron chi connectivity index (χ1n) is 6.78. The largest absolute Gasteiger partial charge is 0.393 e. The second-order valence-electron chi connectivity index (χ2n) is 4.51. The van der Waals surface area contributed by atoms with Crippen LogP contribution in [0.2, 0.25) is 0 Å². The van der Waals surface area contributed by atoms with Gasteiger partial charge in [-0.05, 0) is 26.2 Å². The lowest BCUT2D eigenvalue weighted by Crippen LogP contribution is -2.30. The maximum atomic E-state index is 11.6. The summed E-state index contributed by atoms with van der Waals surface area (Å²) in [5.74, 6) is 0. The molecule has 0 aromatic carbocycles. The molecule has 1 atom stereocenters. The van der Waals surface area contributed by atoms with Crippen molar-refractivity contribution in [2.45, 2.75) is 52.6 Å². The van der Waals surface area contributed by atoms with Crippen molar-refractivity contribution in [1.29, 1.82) is 0 Å². The summed E-state index contributed by atoms with van der Waals surface area (Å²) in [5, 5.41) is 15.2. The standard InChI is InChI=1S/C13H23N3O2S/c1-4-6-10-11(5-2)19-13(15-10)16-12(18)14-8-7-9(3)17/h9,17H,4-8H2,1-3H3,(H2,14,15,16,18). The Morgan fingerprint density at radius 3 is 2.79 bits per heavy atom. The third kappa shape index (κ3) is 5.57. The van der Waals surface area contributed by atoms with Crippen LogP contribution in [0.4, 0.5) is 9.93 Å². The zero-order chi connectivity index (χ0) is 14.3. The predicted molar refractivity (Wildman–Crippen MR) is 78.8 cm³/mol. The summed E-state index contributed by atoms with van der Waals surface area (Å²) < 4.78 is 0. The molecule has 19 heavy (non-hydrogen) atoms. The highest BCUT2D eigenvalue weighted by molar-refractivity contribution is 7.15. The van der Waals surface area contributed by atoms with E-state index in [-0.39, 0.29) is 6.03 Å². The number of aliphatic hydroxyl groups is 1. The lowest BCUT2D eigenvalue weighted by Gasteiger charge is -2.06. The van der Waals surface area contributed by atoms with Crippen molar-refractivity contribution in [2.75, 3.05) is 11.9 Å². The molecule has 0 saturated heterocycles. The van der Waals surface area contributed by atoms with Gasteiger partial charge in [0.2, 0.25) is 0 Å². The molecule has 0 fully saturated rings. The Balaban J connectivity index is 2.49. The fraction of sp³-hybridized carbons (Fsp3) is 0.692. The first-order valence-corrected chi connectivity index (χ1v) is 7.59. The van der Waals surface area contributed by atoms with Crippen LogP contribution in [-0.2, 0) is 12.8 Å². The number of carbonyl (C=O) groups is 1.